The van der Waals surface area contributed by atoms with Crippen molar-refractivity contribution < 1.29 is 28.8 Å². The van der Waals surface area contributed by atoms with E-state index in [2.05, 4.69) is 0 Å². The maximum absolute atomic E-state index is 9.80. The van der Waals surface area contributed by atoms with Crippen LogP contribution in [0.15, 0.2) is 0 Å². The quantitative estimate of drug-likeness (QED) is 0.665. The van der Waals surface area contributed by atoms with Gasteiger partial charge in [0, 0.05) is 14.2 Å². The molecule has 2 aliphatic rings. The second-order valence-corrected chi connectivity index (χ2v) is 3.59. The normalized spacial score (nSPS) is 45.4. The Kier molecular flexibility index (Phi) is 3.55. The van der Waals surface area contributed by atoms with E-state index >= 15 is 0 Å². The SMILES string of the molecule is COCC1OCC2OC(OC)C(O)C2O1. The van der Waals surface area contributed by atoms with E-state index in [0.717, 1.165) is 0 Å². The Morgan fingerprint density at radius 2 is 2.13 bits per heavy atom. The van der Waals surface area contributed by atoms with Gasteiger partial charge in [-0.05, 0) is 0 Å². The predicted molar refractivity (Wildman–Crippen MR) is 48.2 cm³/mol. The average Bonchev–Trinajstić information content (AvgIpc) is 2.56. The van der Waals surface area contributed by atoms with E-state index in [4.69, 9.17) is 23.7 Å². The zero-order valence-electron chi connectivity index (χ0n) is 8.79. The van der Waals surface area contributed by atoms with E-state index in [1.54, 1.807) is 7.11 Å². The third kappa shape index (κ3) is 2.15. The third-order valence-corrected chi connectivity index (χ3v) is 2.58. The molecule has 0 aromatic carbocycles. The average molecular weight is 220 g/mol. The van der Waals surface area contributed by atoms with Gasteiger partial charge in [0.1, 0.15) is 18.3 Å². The first-order valence-electron chi connectivity index (χ1n) is 4.88. The fourth-order valence-electron chi connectivity index (χ4n) is 1.84. The molecule has 5 atom stereocenters. The molecule has 0 amide bonds. The second kappa shape index (κ2) is 4.73. The zero-order chi connectivity index (χ0) is 10.8. The van der Waals surface area contributed by atoms with Crippen molar-refractivity contribution in [1.29, 1.82) is 0 Å². The molecule has 6 heteroatoms. The minimum atomic E-state index is -0.775. The lowest BCUT2D eigenvalue weighted by molar-refractivity contribution is -0.261. The summed E-state index contributed by atoms with van der Waals surface area (Å²) in [5.74, 6) is 0. The van der Waals surface area contributed by atoms with Gasteiger partial charge in [-0.15, -0.1) is 0 Å². The first-order valence-corrected chi connectivity index (χ1v) is 4.88. The summed E-state index contributed by atoms with van der Waals surface area (Å²) in [4.78, 5) is 0. The molecule has 0 aliphatic carbocycles. The van der Waals surface area contributed by atoms with Gasteiger partial charge in [0.25, 0.3) is 0 Å². The van der Waals surface area contributed by atoms with Gasteiger partial charge in [-0.2, -0.15) is 0 Å². The van der Waals surface area contributed by atoms with Crippen LogP contribution < -0.4 is 0 Å². The van der Waals surface area contributed by atoms with Crippen molar-refractivity contribution in [1.82, 2.24) is 0 Å². The Hall–Kier alpha value is -0.240. The summed E-state index contributed by atoms with van der Waals surface area (Å²) in [7, 11) is 3.05. The van der Waals surface area contributed by atoms with Crippen LogP contribution in [0.25, 0.3) is 0 Å². The van der Waals surface area contributed by atoms with E-state index in [-0.39, 0.29) is 6.10 Å². The molecule has 5 unspecified atom stereocenters. The molecule has 2 heterocycles. The van der Waals surface area contributed by atoms with Gasteiger partial charge in [-0.3, -0.25) is 0 Å². The highest BCUT2D eigenvalue weighted by molar-refractivity contribution is 4.90. The van der Waals surface area contributed by atoms with E-state index in [1.165, 1.54) is 7.11 Å². The van der Waals surface area contributed by atoms with Gasteiger partial charge in [0.15, 0.2) is 12.6 Å². The fraction of sp³-hybridized carbons (Fsp3) is 1.00. The first kappa shape index (κ1) is 11.3. The van der Waals surface area contributed by atoms with E-state index in [9.17, 15) is 5.11 Å². The van der Waals surface area contributed by atoms with E-state index < -0.39 is 24.8 Å². The van der Waals surface area contributed by atoms with Crippen LogP contribution in [0.2, 0.25) is 0 Å². The number of ether oxygens (including phenoxy) is 5. The molecule has 0 aromatic rings. The molecule has 2 aliphatic heterocycles. The van der Waals surface area contributed by atoms with Gasteiger partial charge < -0.3 is 28.8 Å². The molecule has 0 aromatic heterocycles. The van der Waals surface area contributed by atoms with Gasteiger partial charge in [-0.1, -0.05) is 0 Å². The van der Waals surface area contributed by atoms with Crippen LogP contribution >= 0.6 is 0 Å². The maximum atomic E-state index is 9.80. The molecule has 1 N–H and O–H groups in total. The predicted octanol–water partition coefficient (Wildman–Crippen LogP) is -0.893. The highest BCUT2D eigenvalue weighted by Gasteiger charge is 2.48. The van der Waals surface area contributed by atoms with E-state index in [1.807, 2.05) is 0 Å². The summed E-state index contributed by atoms with van der Waals surface area (Å²) in [5.41, 5.74) is 0. The maximum Gasteiger partial charge on any atom is 0.186 e. The Morgan fingerprint density at radius 3 is 2.80 bits per heavy atom. The van der Waals surface area contributed by atoms with Gasteiger partial charge in [0.05, 0.1) is 13.2 Å². The summed E-state index contributed by atoms with van der Waals surface area (Å²) in [6.07, 6.45) is -2.51. The molecule has 0 spiro atoms. The van der Waals surface area contributed by atoms with Gasteiger partial charge in [-0.25, -0.2) is 0 Å². The molecule has 2 rings (SSSR count). The molecule has 2 fully saturated rings. The smallest absolute Gasteiger partial charge is 0.186 e. The summed E-state index contributed by atoms with van der Waals surface area (Å²) in [5, 5.41) is 9.80. The van der Waals surface area contributed by atoms with Crippen LogP contribution in [-0.2, 0) is 23.7 Å². The molecule has 6 nitrogen and oxygen atoms in total. The van der Waals surface area contributed by atoms with Crippen LogP contribution in [0.4, 0.5) is 0 Å². The number of hydrogen-bond donors (Lipinski definition) is 1. The summed E-state index contributed by atoms with van der Waals surface area (Å²) in [6, 6.07) is 0. The summed E-state index contributed by atoms with van der Waals surface area (Å²) < 4.78 is 26.1. The Labute approximate surface area is 88.0 Å². The second-order valence-electron chi connectivity index (χ2n) is 3.59. The molecular weight excluding hydrogens is 204 g/mol. The zero-order valence-corrected chi connectivity index (χ0v) is 8.79. The van der Waals surface area contributed by atoms with Crippen LogP contribution in [0.3, 0.4) is 0 Å². The molecule has 15 heavy (non-hydrogen) atoms. The standard InChI is InChI=1S/C9H16O6/c1-11-4-6-13-3-5-8(15-6)7(10)9(12-2)14-5/h5-10H,3-4H2,1-2H3. The Balaban J connectivity index is 1.94. The van der Waals surface area contributed by atoms with Gasteiger partial charge in [0.2, 0.25) is 0 Å². The number of methoxy groups -OCH3 is 2. The number of hydrogen-bond acceptors (Lipinski definition) is 6. The lowest BCUT2D eigenvalue weighted by Gasteiger charge is -2.31. The monoisotopic (exact) mass is 220 g/mol. The largest absolute Gasteiger partial charge is 0.385 e. The number of aliphatic hydroxyl groups excluding tert-OH is 1. The Morgan fingerprint density at radius 1 is 1.33 bits per heavy atom. The van der Waals surface area contributed by atoms with E-state index in [0.29, 0.717) is 13.2 Å². The van der Waals surface area contributed by atoms with Crippen LogP contribution in [0.1, 0.15) is 0 Å². The number of aliphatic hydroxyl groups is 1. The molecule has 0 bridgehead atoms. The lowest BCUT2D eigenvalue weighted by Crippen LogP contribution is -2.47. The highest BCUT2D eigenvalue weighted by Crippen LogP contribution is 2.29. The number of fused-ring (bicyclic) bond motifs is 1. The fourth-order valence-corrected chi connectivity index (χ4v) is 1.84. The van der Waals surface area contributed by atoms with Crippen LogP contribution in [-0.4, -0.2) is 63.4 Å². The third-order valence-electron chi connectivity index (χ3n) is 2.58. The minimum Gasteiger partial charge on any atom is -0.385 e. The van der Waals surface area contributed by atoms with Crippen molar-refractivity contribution in [3.05, 3.63) is 0 Å². The minimum absolute atomic E-state index is 0.266. The molecule has 2 saturated heterocycles. The van der Waals surface area contributed by atoms with Crippen molar-refractivity contribution in [3.8, 4) is 0 Å². The lowest BCUT2D eigenvalue weighted by atomic mass is 10.1. The van der Waals surface area contributed by atoms with Crippen LogP contribution in [0, 0.1) is 0 Å². The van der Waals surface area contributed by atoms with Crippen molar-refractivity contribution in [2.75, 3.05) is 27.4 Å². The Bertz CT molecular complexity index is 209. The topological polar surface area (TPSA) is 66.4 Å². The first-order chi connectivity index (χ1) is 7.26. The van der Waals surface area contributed by atoms with Crippen molar-refractivity contribution in [2.24, 2.45) is 0 Å². The highest BCUT2D eigenvalue weighted by atomic mass is 16.8. The summed E-state index contributed by atoms with van der Waals surface area (Å²) >= 11 is 0. The molecule has 88 valence electrons. The van der Waals surface area contributed by atoms with Crippen molar-refractivity contribution >= 4 is 0 Å². The molecule has 0 radical (unpaired) electrons. The van der Waals surface area contributed by atoms with Crippen LogP contribution in [0.5, 0.6) is 0 Å². The summed E-state index contributed by atoms with van der Waals surface area (Å²) in [6.45, 7) is 0.725. The molecule has 0 saturated carbocycles. The number of rotatable bonds is 3. The van der Waals surface area contributed by atoms with Crippen molar-refractivity contribution in [3.63, 3.8) is 0 Å². The van der Waals surface area contributed by atoms with Gasteiger partial charge >= 0.3 is 0 Å². The molecular formula is C9H16O6. The van der Waals surface area contributed by atoms with Crippen molar-refractivity contribution in [2.45, 2.75) is 30.9 Å².